The number of ether oxygens (including phenoxy) is 1. The van der Waals surface area contributed by atoms with E-state index >= 15 is 0 Å². The second kappa shape index (κ2) is 6.39. The number of hydrogen-bond donors (Lipinski definition) is 1. The first-order valence-electron chi connectivity index (χ1n) is 6.84. The van der Waals surface area contributed by atoms with E-state index in [1.165, 1.54) is 16.0 Å². The summed E-state index contributed by atoms with van der Waals surface area (Å²) >= 11 is 7.29. The summed E-state index contributed by atoms with van der Waals surface area (Å²) in [5.41, 5.74) is 8.53. The summed E-state index contributed by atoms with van der Waals surface area (Å²) in [6.07, 6.45) is 0. The van der Waals surface area contributed by atoms with E-state index in [1.54, 1.807) is 24.4 Å². The fourth-order valence-electron chi connectivity index (χ4n) is 2.13. The van der Waals surface area contributed by atoms with Crippen molar-refractivity contribution in [1.82, 2.24) is 15.0 Å². The fourth-order valence-corrected chi connectivity index (χ4v) is 3.01. The van der Waals surface area contributed by atoms with Gasteiger partial charge in [0.25, 0.3) is 0 Å². The third kappa shape index (κ3) is 2.93. The van der Waals surface area contributed by atoms with Crippen LogP contribution in [0.15, 0.2) is 35.7 Å². The van der Waals surface area contributed by atoms with Gasteiger partial charge in [0.15, 0.2) is 5.70 Å². The van der Waals surface area contributed by atoms with E-state index in [0.29, 0.717) is 20.9 Å². The Morgan fingerprint density at radius 2 is 2.22 bits per heavy atom. The van der Waals surface area contributed by atoms with E-state index in [1.807, 2.05) is 18.2 Å². The van der Waals surface area contributed by atoms with Gasteiger partial charge in [-0.3, -0.25) is 0 Å². The molecule has 3 rings (SSSR count). The number of halogens is 1. The highest BCUT2D eigenvalue weighted by molar-refractivity contribution is 7.14. The maximum Gasteiger partial charge on any atom is 0.359 e. The SMILES string of the molecule is CCOC(=O)/C(=C(\N)c1csc(Cl)c1)n1nnc2ccccc21. The van der Waals surface area contributed by atoms with Crippen molar-refractivity contribution in [3.63, 3.8) is 0 Å². The van der Waals surface area contributed by atoms with Crippen LogP contribution in [0.3, 0.4) is 0 Å². The van der Waals surface area contributed by atoms with E-state index in [-0.39, 0.29) is 18.0 Å². The van der Waals surface area contributed by atoms with Crippen LogP contribution in [0, 0.1) is 0 Å². The molecule has 23 heavy (non-hydrogen) atoms. The molecule has 3 aromatic rings. The molecule has 0 amide bonds. The minimum atomic E-state index is -0.567. The molecule has 0 saturated carbocycles. The maximum absolute atomic E-state index is 12.4. The first kappa shape index (κ1) is 15.5. The van der Waals surface area contributed by atoms with Crippen LogP contribution in [0.2, 0.25) is 4.34 Å². The average Bonchev–Trinajstić information content (AvgIpc) is 3.15. The third-order valence-electron chi connectivity index (χ3n) is 3.17. The molecule has 0 spiro atoms. The van der Waals surface area contributed by atoms with Crippen molar-refractivity contribution in [2.75, 3.05) is 6.61 Å². The molecule has 2 heterocycles. The van der Waals surface area contributed by atoms with Crippen molar-refractivity contribution in [1.29, 1.82) is 0 Å². The number of rotatable bonds is 4. The van der Waals surface area contributed by atoms with Crippen molar-refractivity contribution >= 4 is 51.3 Å². The molecule has 0 atom stereocenters. The molecule has 0 saturated heterocycles. The van der Waals surface area contributed by atoms with Gasteiger partial charge in [0, 0.05) is 10.9 Å². The highest BCUT2D eigenvalue weighted by atomic mass is 35.5. The Bertz CT molecular complexity index is 900. The number of carbonyl (C=O) groups excluding carboxylic acids is 1. The zero-order valence-electron chi connectivity index (χ0n) is 12.2. The molecule has 8 heteroatoms. The minimum absolute atomic E-state index is 0.120. The largest absolute Gasteiger partial charge is 0.461 e. The molecule has 0 aliphatic rings. The highest BCUT2D eigenvalue weighted by Gasteiger charge is 2.22. The maximum atomic E-state index is 12.4. The van der Waals surface area contributed by atoms with Crippen molar-refractivity contribution in [3.8, 4) is 0 Å². The Morgan fingerprint density at radius 3 is 2.91 bits per heavy atom. The molecular weight excluding hydrogens is 336 g/mol. The number of para-hydroxylation sites is 1. The van der Waals surface area contributed by atoms with E-state index in [9.17, 15) is 4.79 Å². The summed E-state index contributed by atoms with van der Waals surface area (Å²) in [5.74, 6) is -0.567. The highest BCUT2D eigenvalue weighted by Crippen LogP contribution is 2.27. The molecule has 0 fully saturated rings. The summed E-state index contributed by atoms with van der Waals surface area (Å²) in [7, 11) is 0. The number of nitrogens with zero attached hydrogens (tertiary/aromatic N) is 3. The standard InChI is InChI=1S/C15H13ClN4O2S/c1-2-22-15(21)14(13(17)9-7-12(16)23-8-9)20-11-6-4-3-5-10(11)18-19-20/h3-8H,2,17H2,1H3/b14-13+. The predicted octanol–water partition coefficient (Wildman–Crippen LogP) is 2.99. The molecule has 0 aliphatic heterocycles. The smallest absolute Gasteiger partial charge is 0.359 e. The fraction of sp³-hybridized carbons (Fsp3) is 0.133. The van der Waals surface area contributed by atoms with E-state index < -0.39 is 5.97 Å². The molecule has 2 N–H and O–H groups in total. The summed E-state index contributed by atoms with van der Waals surface area (Å²) in [4.78, 5) is 12.4. The second-order valence-electron chi connectivity index (χ2n) is 4.61. The van der Waals surface area contributed by atoms with Crippen molar-refractivity contribution in [2.45, 2.75) is 6.92 Å². The third-order valence-corrected chi connectivity index (χ3v) is 4.26. The van der Waals surface area contributed by atoms with E-state index in [4.69, 9.17) is 22.1 Å². The van der Waals surface area contributed by atoms with Gasteiger partial charge in [-0.1, -0.05) is 28.9 Å². The predicted molar refractivity (Wildman–Crippen MR) is 90.8 cm³/mol. The van der Waals surface area contributed by atoms with Gasteiger partial charge in [-0.15, -0.1) is 16.4 Å². The molecular formula is C15H13ClN4O2S. The van der Waals surface area contributed by atoms with Crippen LogP contribution < -0.4 is 5.73 Å². The number of nitrogens with two attached hydrogens (primary N) is 1. The van der Waals surface area contributed by atoms with Crippen molar-refractivity contribution in [2.24, 2.45) is 5.73 Å². The Morgan fingerprint density at radius 1 is 1.43 bits per heavy atom. The quantitative estimate of drug-likeness (QED) is 0.579. The van der Waals surface area contributed by atoms with Crippen LogP contribution >= 0.6 is 22.9 Å². The van der Waals surface area contributed by atoms with Crippen LogP contribution in [0.4, 0.5) is 0 Å². The summed E-state index contributed by atoms with van der Waals surface area (Å²) in [6, 6.07) is 8.99. The zero-order valence-corrected chi connectivity index (χ0v) is 13.8. The monoisotopic (exact) mass is 348 g/mol. The van der Waals surface area contributed by atoms with E-state index in [2.05, 4.69) is 10.3 Å². The normalized spacial score (nSPS) is 12.3. The molecule has 118 valence electrons. The van der Waals surface area contributed by atoms with Gasteiger partial charge in [0.1, 0.15) is 5.52 Å². The van der Waals surface area contributed by atoms with Crippen LogP contribution in [-0.2, 0) is 9.53 Å². The Labute approximate surface area is 141 Å². The lowest BCUT2D eigenvalue weighted by Crippen LogP contribution is -2.18. The van der Waals surface area contributed by atoms with Gasteiger partial charge in [-0.2, -0.15) is 0 Å². The Kier molecular flexibility index (Phi) is 4.31. The average molecular weight is 349 g/mol. The van der Waals surface area contributed by atoms with Gasteiger partial charge in [-0.25, -0.2) is 9.48 Å². The number of fused-ring (bicyclic) bond motifs is 1. The zero-order chi connectivity index (χ0) is 16.4. The molecule has 0 bridgehead atoms. The molecule has 0 aliphatic carbocycles. The lowest BCUT2D eigenvalue weighted by atomic mass is 10.2. The van der Waals surface area contributed by atoms with Crippen LogP contribution in [-0.4, -0.2) is 27.6 Å². The molecule has 0 unspecified atom stereocenters. The summed E-state index contributed by atoms with van der Waals surface area (Å²) in [5, 5.41) is 9.88. The number of thiophene rings is 1. The summed E-state index contributed by atoms with van der Waals surface area (Å²) < 4.78 is 7.11. The molecule has 0 radical (unpaired) electrons. The van der Waals surface area contributed by atoms with Crippen molar-refractivity contribution in [3.05, 3.63) is 45.6 Å². The minimum Gasteiger partial charge on any atom is -0.461 e. The van der Waals surface area contributed by atoms with Crippen LogP contribution in [0.25, 0.3) is 22.4 Å². The van der Waals surface area contributed by atoms with Gasteiger partial charge >= 0.3 is 5.97 Å². The summed E-state index contributed by atoms with van der Waals surface area (Å²) in [6.45, 7) is 1.96. The van der Waals surface area contributed by atoms with Gasteiger partial charge in [0.2, 0.25) is 0 Å². The van der Waals surface area contributed by atoms with Gasteiger partial charge < -0.3 is 10.5 Å². The molecule has 1 aromatic carbocycles. The first-order chi connectivity index (χ1) is 11.1. The number of hydrogen-bond acceptors (Lipinski definition) is 6. The topological polar surface area (TPSA) is 83.0 Å². The number of carbonyl (C=O) groups is 1. The second-order valence-corrected chi connectivity index (χ2v) is 6.15. The van der Waals surface area contributed by atoms with Gasteiger partial charge in [0.05, 0.1) is 22.2 Å². The number of benzene rings is 1. The molecule has 6 nitrogen and oxygen atoms in total. The van der Waals surface area contributed by atoms with E-state index in [0.717, 1.165) is 0 Å². The van der Waals surface area contributed by atoms with Crippen molar-refractivity contribution < 1.29 is 9.53 Å². The lowest BCUT2D eigenvalue weighted by molar-refractivity contribution is -0.136. The number of esters is 1. The lowest BCUT2D eigenvalue weighted by Gasteiger charge is -2.10. The molecule has 2 aromatic heterocycles. The first-order valence-corrected chi connectivity index (χ1v) is 8.09. The van der Waals surface area contributed by atoms with Crippen LogP contribution in [0.5, 0.6) is 0 Å². The van der Waals surface area contributed by atoms with Crippen LogP contribution in [0.1, 0.15) is 12.5 Å². The number of aromatic nitrogens is 3. The Hall–Kier alpha value is -2.38. The Balaban J connectivity index is 2.22. The van der Waals surface area contributed by atoms with Gasteiger partial charge in [-0.05, 0) is 25.1 Å².